The van der Waals surface area contributed by atoms with Gasteiger partial charge in [-0.05, 0) is 42.2 Å². The fraction of sp³-hybridized carbons (Fsp3) is 0.194. The van der Waals surface area contributed by atoms with E-state index in [1.165, 1.54) is 18.5 Å². The molecule has 11 heteroatoms. The van der Waals surface area contributed by atoms with Gasteiger partial charge in [0.05, 0.1) is 60.5 Å². The van der Waals surface area contributed by atoms with E-state index < -0.39 is 18.0 Å². The molecule has 1 fully saturated rings. The Hall–Kier alpha value is -5.86. The number of benzene rings is 2. The summed E-state index contributed by atoms with van der Waals surface area (Å²) in [4.78, 5) is 8.15. The van der Waals surface area contributed by atoms with E-state index in [0.717, 1.165) is 24.5 Å². The normalized spacial score (nSPS) is 15.0. The van der Waals surface area contributed by atoms with Crippen LogP contribution < -0.4 is 10.6 Å². The van der Waals surface area contributed by atoms with E-state index in [1.54, 1.807) is 23.0 Å². The number of nitrogens with one attached hydrogen (secondary N) is 2. The molecule has 0 saturated heterocycles. The van der Waals surface area contributed by atoms with Gasteiger partial charge in [0, 0.05) is 23.5 Å². The Labute approximate surface area is 242 Å². The lowest BCUT2D eigenvalue weighted by Crippen LogP contribution is -2.14. The van der Waals surface area contributed by atoms with Crippen molar-refractivity contribution in [2.45, 2.75) is 37.4 Å². The summed E-state index contributed by atoms with van der Waals surface area (Å²) < 4.78 is 25.0. The third-order valence-electron chi connectivity index (χ3n) is 7.00. The van der Waals surface area contributed by atoms with Crippen molar-refractivity contribution >= 4 is 22.3 Å². The Bertz CT molecular complexity index is 1930. The lowest BCUT2D eigenvalue weighted by Gasteiger charge is -2.22. The molecule has 2 atom stereocenters. The first kappa shape index (κ1) is 25.1. The third kappa shape index (κ3) is 5.30. The van der Waals surface area contributed by atoms with Crippen LogP contribution in [-0.4, -0.2) is 25.0 Å². The molecule has 5 aromatic rings. The molecule has 0 spiro atoms. The van der Waals surface area contributed by atoms with Crippen LogP contribution in [-0.2, 0) is 0 Å². The van der Waals surface area contributed by atoms with Crippen LogP contribution in [0.1, 0.15) is 66.7 Å². The van der Waals surface area contributed by atoms with E-state index in [-0.39, 0.29) is 29.3 Å². The molecule has 0 aliphatic heterocycles. The van der Waals surface area contributed by atoms with Gasteiger partial charge in [0.1, 0.15) is 17.8 Å². The minimum absolute atomic E-state index is 0.117. The maximum atomic E-state index is 13.8. The standard InChI is InChI=1S/C31H23FN10/c32-28-9-6-20(16-36-28)31(27-18-42(41-40-27)24-7-8-24)38-23-12-21(14-34)29-25(13-23)30(22(15-35)17-37-29)39-26(10-11-33)19-4-2-1-3-5-19/h1-6,9,12-13,16-18,24,26,31,38H,7-8,10H2,(H,37,39)/t26-,31+/m1/s1/i31D. The minimum atomic E-state index is -1.77. The number of hydrogen-bond acceptors (Lipinski definition) is 9. The average molecular weight is 556 g/mol. The van der Waals surface area contributed by atoms with E-state index in [9.17, 15) is 21.5 Å². The summed E-state index contributed by atoms with van der Waals surface area (Å²) in [5.74, 6) is -0.693. The van der Waals surface area contributed by atoms with E-state index in [4.69, 9.17) is 0 Å². The summed E-state index contributed by atoms with van der Waals surface area (Å²) in [5.41, 5.74) is 2.92. The van der Waals surface area contributed by atoms with Crippen molar-refractivity contribution < 1.29 is 5.76 Å². The first-order valence-electron chi connectivity index (χ1n) is 13.7. The van der Waals surface area contributed by atoms with Crippen molar-refractivity contribution in [3.63, 3.8) is 0 Å². The van der Waals surface area contributed by atoms with Crippen molar-refractivity contribution in [2.24, 2.45) is 0 Å². The number of rotatable bonds is 9. The smallest absolute Gasteiger partial charge is 0.212 e. The molecule has 0 bridgehead atoms. The molecule has 0 amide bonds. The Balaban J connectivity index is 1.49. The third-order valence-corrected chi connectivity index (χ3v) is 7.00. The Morgan fingerprint density at radius 2 is 1.79 bits per heavy atom. The molecule has 2 aromatic carbocycles. The maximum Gasteiger partial charge on any atom is 0.212 e. The fourth-order valence-corrected chi connectivity index (χ4v) is 4.76. The zero-order valence-corrected chi connectivity index (χ0v) is 22.2. The second-order valence-electron chi connectivity index (χ2n) is 9.84. The molecule has 1 aliphatic carbocycles. The van der Waals surface area contributed by atoms with Gasteiger partial charge >= 0.3 is 0 Å². The second kappa shape index (κ2) is 11.3. The summed E-state index contributed by atoms with van der Waals surface area (Å²) >= 11 is 0. The summed E-state index contributed by atoms with van der Waals surface area (Å²) in [7, 11) is 0. The van der Waals surface area contributed by atoms with Crippen molar-refractivity contribution in [3.05, 3.63) is 107 Å². The molecule has 3 heterocycles. The highest BCUT2D eigenvalue weighted by Gasteiger charge is 2.27. The zero-order chi connectivity index (χ0) is 30.0. The molecule has 42 heavy (non-hydrogen) atoms. The molecule has 10 nitrogen and oxygen atoms in total. The lowest BCUT2D eigenvalue weighted by molar-refractivity contribution is 0.581. The monoisotopic (exact) mass is 555 g/mol. The molecule has 3 aromatic heterocycles. The van der Waals surface area contributed by atoms with Gasteiger partial charge in [0.15, 0.2) is 0 Å². The van der Waals surface area contributed by atoms with Crippen LogP contribution in [0.15, 0.2) is 73.2 Å². The number of nitrogens with zero attached hydrogens (tertiary/aromatic N) is 8. The molecule has 204 valence electrons. The van der Waals surface area contributed by atoms with Crippen molar-refractivity contribution in [2.75, 3.05) is 10.6 Å². The van der Waals surface area contributed by atoms with Gasteiger partial charge in [-0.15, -0.1) is 5.10 Å². The van der Waals surface area contributed by atoms with Crippen LogP contribution in [0.5, 0.6) is 0 Å². The van der Waals surface area contributed by atoms with Crippen LogP contribution in [0.3, 0.4) is 0 Å². The Morgan fingerprint density at radius 3 is 2.48 bits per heavy atom. The maximum absolute atomic E-state index is 13.8. The summed E-state index contributed by atoms with van der Waals surface area (Å²) in [6, 6.07) is 19.7. The predicted molar refractivity (Wildman–Crippen MR) is 152 cm³/mol. The topological polar surface area (TPSA) is 152 Å². The van der Waals surface area contributed by atoms with E-state index in [0.29, 0.717) is 27.8 Å². The van der Waals surface area contributed by atoms with E-state index in [2.05, 4.69) is 49.1 Å². The van der Waals surface area contributed by atoms with Gasteiger partial charge in [-0.25, -0.2) is 9.67 Å². The van der Waals surface area contributed by atoms with Crippen molar-refractivity contribution in [3.8, 4) is 18.2 Å². The average Bonchev–Trinajstić information content (AvgIpc) is 3.76. The second-order valence-corrected chi connectivity index (χ2v) is 9.84. The predicted octanol–water partition coefficient (Wildman–Crippen LogP) is 5.71. The van der Waals surface area contributed by atoms with Gasteiger partial charge in [-0.3, -0.25) is 4.98 Å². The molecule has 2 N–H and O–H groups in total. The minimum Gasteiger partial charge on any atom is -0.376 e. The molecule has 0 unspecified atom stereocenters. The van der Waals surface area contributed by atoms with Gasteiger partial charge in [-0.2, -0.15) is 20.2 Å². The Kier molecular flexibility index (Phi) is 6.78. The number of fused-ring (bicyclic) bond motifs is 1. The number of hydrogen-bond donors (Lipinski definition) is 2. The van der Waals surface area contributed by atoms with Crippen LogP contribution >= 0.6 is 0 Å². The number of nitriles is 3. The Morgan fingerprint density at radius 1 is 0.976 bits per heavy atom. The van der Waals surface area contributed by atoms with Gasteiger partial charge in [0.25, 0.3) is 0 Å². The molecular formula is C31H23FN10. The van der Waals surface area contributed by atoms with Crippen LogP contribution in [0.2, 0.25) is 0 Å². The van der Waals surface area contributed by atoms with Crippen molar-refractivity contribution in [1.29, 1.82) is 15.8 Å². The number of pyridine rings is 2. The lowest BCUT2D eigenvalue weighted by atomic mass is 10.00. The SMILES string of the molecule is [2H][C@](Nc1cc(C#N)c2ncc(C#N)c(N[C@H](CC#N)c3ccccc3)c2c1)(c1ccc(F)nc1)c1cn(C2CC2)nn1. The van der Waals surface area contributed by atoms with Crippen LogP contribution in [0, 0.1) is 39.9 Å². The van der Waals surface area contributed by atoms with Crippen LogP contribution in [0.25, 0.3) is 10.9 Å². The first-order valence-corrected chi connectivity index (χ1v) is 13.2. The first-order chi connectivity index (χ1) is 20.9. The highest BCUT2D eigenvalue weighted by molar-refractivity contribution is 5.99. The molecule has 1 saturated carbocycles. The van der Waals surface area contributed by atoms with E-state index in [1.807, 2.05) is 30.3 Å². The molecule has 0 radical (unpaired) electrons. The van der Waals surface area contributed by atoms with Crippen LogP contribution in [0.4, 0.5) is 15.8 Å². The largest absolute Gasteiger partial charge is 0.376 e. The number of aromatic nitrogens is 5. The summed E-state index contributed by atoms with van der Waals surface area (Å²) in [6.07, 6.45) is 6.38. The fourth-order valence-electron chi connectivity index (χ4n) is 4.76. The summed E-state index contributed by atoms with van der Waals surface area (Å²) in [5, 5.41) is 45.1. The highest BCUT2D eigenvalue weighted by Crippen LogP contribution is 2.37. The quantitative estimate of drug-likeness (QED) is 0.218. The molecule has 6 rings (SSSR count). The van der Waals surface area contributed by atoms with Gasteiger partial charge < -0.3 is 10.6 Å². The van der Waals surface area contributed by atoms with Crippen molar-refractivity contribution in [1.82, 2.24) is 25.0 Å². The van der Waals surface area contributed by atoms with Gasteiger partial charge in [0.2, 0.25) is 5.95 Å². The number of halogens is 1. The van der Waals surface area contributed by atoms with Gasteiger partial charge in [-0.1, -0.05) is 41.6 Å². The summed E-state index contributed by atoms with van der Waals surface area (Å²) in [6.45, 7) is 0. The highest BCUT2D eigenvalue weighted by atomic mass is 19.1. The molecule has 1 aliphatic rings. The number of anilines is 2. The zero-order valence-electron chi connectivity index (χ0n) is 23.2. The molecular weight excluding hydrogens is 531 g/mol. The van der Waals surface area contributed by atoms with E-state index >= 15 is 0 Å².